The number of hydrogen-bond donors (Lipinski definition) is 0. The Morgan fingerprint density at radius 1 is 1.05 bits per heavy atom. The van der Waals surface area contributed by atoms with Crippen molar-refractivity contribution in [3.05, 3.63) is 66.2 Å². The smallest absolute Gasteiger partial charge is 0.210 e. The summed E-state index contributed by atoms with van der Waals surface area (Å²) in [6, 6.07) is 20.6. The topological polar surface area (TPSA) is 20.3 Å². The molecular weight excluding hydrogens is 266 g/mol. The molecule has 0 heterocycles. The third kappa shape index (κ3) is 4.42. The highest BCUT2D eigenvalue weighted by Gasteiger charge is 2.12. The van der Waals surface area contributed by atoms with Crippen LogP contribution in [0.15, 0.2) is 65.6 Å². The van der Waals surface area contributed by atoms with Crippen LogP contribution in [-0.2, 0) is 11.3 Å². The SMILES string of the molecule is C[C@@H](CSc1ccccc1)N(C=O)Cc1ccccc1. The van der Waals surface area contributed by atoms with Gasteiger partial charge in [0.25, 0.3) is 0 Å². The Morgan fingerprint density at radius 3 is 2.25 bits per heavy atom. The molecule has 1 amide bonds. The Morgan fingerprint density at radius 2 is 1.65 bits per heavy atom. The van der Waals surface area contributed by atoms with Gasteiger partial charge in [0.1, 0.15) is 0 Å². The lowest BCUT2D eigenvalue weighted by Crippen LogP contribution is -2.33. The van der Waals surface area contributed by atoms with Gasteiger partial charge in [-0.05, 0) is 24.6 Å². The quantitative estimate of drug-likeness (QED) is 0.569. The van der Waals surface area contributed by atoms with Gasteiger partial charge in [-0.25, -0.2) is 0 Å². The molecule has 3 heteroatoms. The third-order valence-electron chi connectivity index (χ3n) is 3.14. The predicted molar refractivity (Wildman–Crippen MR) is 84.7 cm³/mol. The summed E-state index contributed by atoms with van der Waals surface area (Å²) in [5.74, 6) is 0.898. The molecule has 0 fully saturated rings. The molecule has 0 aliphatic carbocycles. The first kappa shape index (κ1) is 14.7. The molecule has 2 rings (SSSR count). The normalized spacial score (nSPS) is 11.8. The summed E-state index contributed by atoms with van der Waals surface area (Å²) < 4.78 is 0. The Labute approximate surface area is 124 Å². The van der Waals surface area contributed by atoms with Gasteiger partial charge >= 0.3 is 0 Å². The van der Waals surface area contributed by atoms with Gasteiger partial charge < -0.3 is 4.90 Å². The van der Waals surface area contributed by atoms with Gasteiger partial charge in [0.05, 0.1) is 0 Å². The highest BCUT2D eigenvalue weighted by Crippen LogP contribution is 2.20. The molecule has 0 unspecified atom stereocenters. The fourth-order valence-corrected chi connectivity index (χ4v) is 2.90. The maximum Gasteiger partial charge on any atom is 0.210 e. The van der Waals surface area contributed by atoms with E-state index in [1.807, 2.05) is 53.4 Å². The molecule has 20 heavy (non-hydrogen) atoms. The van der Waals surface area contributed by atoms with Gasteiger partial charge in [0, 0.05) is 23.2 Å². The molecule has 0 bridgehead atoms. The van der Waals surface area contributed by atoms with E-state index in [1.54, 1.807) is 11.8 Å². The van der Waals surface area contributed by atoms with E-state index in [-0.39, 0.29) is 6.04 Å². The average Bonchev–Trinajstić information content (AvgIpc) is 2.52. The zero-order valence-electron chi connectivity index (χ0n) is 11.6. The van der Waals surface area contributed by atoms with E-state index in [0.29, 0.717) is 6.54 Å². The zero-order valence-corrected chi connectivity index (χ0v) is 12.4. The number of nitrogens with zero attached hydrogens (tertiary/aromatic N) is 1. The molecule has 2 nitrogen and oxygen atoms in total. The zero-order chi connectivity index (χ0) is 14.2. The summed E-state index contributed by atoms with van der Waals surface area (Å²) in [6.45, 7) is 2.76. The van der Waals surface area contributed by atoms with Crippen molar-refractivity contribution in [1.82, 2.24) is 4.90 Å². The van der Waals surface area contributed by atoms with Crippen LogP contribution >= 0.6 is 11.8 Å². The minimum absolute atomic E-state index is 0.206. The van der Waals surface area contributed by atoms with Crippen LogP contribution in [0.25, 0.3) is 0 Å². The van der Waals surface area contributed by atoms with Crippen molar-refractivity contribution in [2.24, 2.45) is 0 Å². The Hall–Kier alpha value is -1.74. The van der Waals surface area contributed by atoms with Crippen LogP contribution in [0.5, 0.6) is 0 Å². The Kier molecular flexibility index (Phi) is 5.69. The van der Waals surface area contributed by atoms with E-state index < -0.39 is 0 Å². The van der Waals surface area contributed by atoms with E-state index >= 15 is 0 Å². The molecule has 104 valence electrons. The largest absolute Gasteiger partial charge is 0.337 e. The Balaban J connectivity index is 1.89. The third-order valence-corrected chi connectivity index (χ3v) is 4.40. The summed E-state index contributed by atoms with van der Waals surface area (Å²) in [4.78, 5) is 14.4. The van der Waals surface area contributed by atoms with Crippen molar-refractivity contribution in [2.45, 2.75) is 24.4 Å². The minimum atomic E-state index is 0.206. The number of carbonyl (C=O) groups excluding carboxylic acids is 1. The lowest BCUT2D eigenvalue weighted by molar-refractivity contribution is -0.120. The lowest BCUT2D eigenvalue weighted by Gasteiger charge is -2.25. The molecule has 0 N–H and O–H groups in total. The molecule has 0 saturated heterocycles. The van der Waals surface area contributed by atoms with Gasteiger partial charge in [0.2, 0.25) is 6.41 Å². The van der Waals surface area contributed by atoms with Gasteiger partial charge in [0.15, 0.2) is 0 Å². The molecule has 1 atom stereocenters. The van der Waals surface area contributed by atoms with Crippen LogP contribution in [0.3, 0.4) is 0 Å². The fraction of sp³-hybridized carbons (Fsp3) is 0.235. The first-order valence-electron chi connectivity index (χ1n) is 6.72. The second-order valence-electron chi connectivity index (χ2n) is 4.74. The highest BCUT2D eigenvalue weighted by molar-refractivity contribution is 7.99. The number of rotatable bonds is 7. The van der Waals surface area contributed by atoms with Crippen LogP contribution in [0.2, 0.25) is 0 Å². The van der Waals surface area contributed by atoms with Gasteiger partial charge in [-0.2, -0.15) is 0 Å². The van der Waals surface area contributed by atoms with Gasteiger partial charge in [-0.1, -0.05) is 48.5 Å². The van der Waals surface area contributed by atoms with Crippen LogP contribution in [0.4, 0.5) is 0 Å². The second kappa shape index (κ2) is 7.75. The van der Waals surface area contributed by atoms with Crippen LogP contribution in [0.1, 0.15) is 12.5 Å². The summed E-state index contributed by atoms with van der Waals surface area (Å²) in [6.07, 6.45) is 0.948. The molecule has 0 aliphatic rings. The molecule has 0 aromatic heterocycles. The molecule has 0 radical (unpaired) electrons. The molecular formula is C17H19NOS. The van der Waals surface area contributed by atoms with E-state index in [9.17, 15) is 4.79 Å². The van der Waals surface area contributed by atoms with Crippen LogP contribution in [-0.4, -0.2) is 23.1 Å². The van der Waals surface area contributed by atoms with Gasteiger partial charge in [-0.15, -0.1) is 11.8 Å². The van der Waals surface area contributed by atoms with Gasteiger partial charge in [-0.3, -0.25) is 4.79 Å². The predicted octanol–water partition coefficient (Wildman–Crippen LogP) is 3.83. The van der Waals surface area contributed by atoms with Crippen LogP contribution in [0, 0.1) is 0 Å². The standard InChI is InChI=1S/C17H19NOS/c1-15(13-20-17-10-6-3-7-11-17)18(14-19)12-16-8-4-2-5-9-16/h2-11,14-15H,12-13H2,1H3/t15-/m0/s1. The summed E-state index contributed by atoms with van der Waals surface area (Å²) >= 11 is 1.78. The Bertz CT molecular complexity index is 515. The van der Waals surface area contributed by atoms with Crippen molar-refractivity contribution < 1.29 is 4.79 Å². The van der Waals surface area contributed by atoms with Crippen molar-refractivity contribution in [3.63, 3.8) is 0 Å². The molecule has 0 saturated carbocycles. The second-order valence-corrected chi connectivity index (χ2v) is 5.83. The first-order chi connectivity index (χ1) is 9.79. The lowest BCUT2D eigenvalue weighted by atomic mass is 10.2. The molecule has 2 aromatic rings. The van der Waals surface area contributed by atoms with E-state index in [1.165, 1.54) is 4.90 Å². The minimum Gasteiger partial charge on any atom is -0.337 e. The van der Waals surface area contributed by atoms with E-state index in [4.69, 9.17) is 0 Å². The van der Waals surface area contributed by atoms with Crippen molar-refractivity contribution in [3.8, 4) is 0 Å². The number of amides is 1. The van der Waals surface area contributed by atoms with Crippen molar-refractivity contribution >= 4 is 18.2 Å². The van der Waals surface area contributed by atoms with Crippen molar-refractivity contribution in [1.29, 1.82) is 0 Å². The maximum absolute atomic E-state index is 11.3. The number of thioether (sulfide) groups is 1. The summed E-state index contributed by atoms with van der Waals surface area (Å²) in [5.41, 5.74) is 1.16. The van der Waals surface area contributed by atoms with Crippen molar-refractivity contribution in [2.75, 3.05) is 5.75 Å². The number of benzene rings is 2. The summed E-state index contributed by atoms with van der Waals surface area (Å²) in [5, 5.41) is 0. The molecule has 2 aromatic carbocycles. The van der Waals surface area contributed by atoms with Crippen LogP contribution < -0.4 is 0 Å². The highest BCUT2D eigenvalue weighted by atomic mass is 32.2. The van der Waals surface area contributed by atoms with E-state index in [2.05, 4.69) is 19.1 Å². The maximum atomic E-state index is 11.3. The fourth-order valence-electron chi connectivity index (χ4n) is 1.92. The monoisotopic (exact) mass is 285 g/mol. The first-order valence-corrected chi connectivity index (χ1v) is 7.71. The number of carbonyl (C=O) groups is 1. The number of hydrogen-bond acceptors (Lipinski definition) is 2. The molecule has 0 spiro atoms. The summed E-state index contributed by atoms with van der Waals surface area (Å²) in [7, 11) is 0. The molecule has 0 aliphatic heterocycles. The van der Waals surface area contributed by atoms with E-state index in [0.717, 1.165) is 17.7 Å². The average molecular weight is 285 g/mol.